The number of unbranched alkanes of at least 4 members (excludes halogenated alkanes) is 25. The molecule has 6 nitrogen and oxygen atoms in total. The topological polar surface area (TPSA) is 78.9 Å². The lowest BCUT2D eigenvalue weighted by molar-refractivity contribution is -0.166. The Hall–Kier alpha value is -3.15. The fraction of sp³-hybridized carbons (Fsp3) is 0.741. The molecule has 0 amide bonds. The zero-order valence-corrected chi connectivity index (χ0v) is 42.0. The molecule has 0 saturated carbocycles. The van der Waals surface area contributed by atoms with E-state index in [9.17, 15) is 14.4 Å². The van der Waals surface area contributed by atoms with Gasteiger partial charge < -0.3 is 14.2 Å². The number of carbonyl (C=O) groups is 3. The van der Waals surface area contributed by atoms with Crippen molar-refractivity contribution in [2.24, 2.45) is 0 Å². The van der Waals surface area contributed by atoms with Gasteiger partial charge in [-0.3, -0.25) is 14.4 Å². The van der Waals surface area contributed by atoms with Crippen LogP contribution in [0.15, 0.2) is 72.9 Å². The molecule has 368 valence electrons. The van der Waals surface area contributed by atoms with Gasteiger partial charge in [0.25, 0.3) is 0 Å². The average Bonchev–Trinajstić information content (AvgIpc) is 3.29. The van der Waals surface area contributed by atoms with Gasteiger partial charge in [-0.15, -0.1) is 0 Å². The van der Waals surface area contributed by atoms with Crippen molar-refractivity contribution >= 4 is 17.9 Å². The predicted octanol–water partition coefficient (Wildman–Crippen LogP) is 17.8. The summed E-state index contributed by atoms with van der Waals surface area (Å²) >= 11 is 0. The Balaban J connectivity index is 4.48. The Morgan fingerprint density at radius 2 is 0.641 bits per heavy atom. The molecule has 6 heteroatoms. The van der Waals surface area contributed by atoms with Crippen LogP contribution < -0.4 is 0 Å². The molecule has 0 aromatic heterocycles. The maximum absolute atomic E-state index is 12.8. The molecule has 0 bridgehead atoms. The van der Waals surface area contributed by atoms with Crippen molar-refractivity contribution in [1.82, 2.24) is 0 Å². The first kappa shape index (κ1) is 60.9. The number of ether oxygens (including phenoxy) is 3. The highest BCUT2D eigenvalue weighted by molar-refractivity contribution is 5.71. The van der Waals surface area contributed by atoms with E-state index in [1.165, 1.54) is 128 Å². The maximum Gasteiger partial charge on any atom is 0.306 e. The normalized spacial score (nSPS) is 12.6. The molecule has 1 unspecified atom stereocenters. The number of allylic oxidation sites excluding steroid dienone is 12. The van der Waals surface area contributed by atoms with E-state index in [0.717, 1.165) is 83.5 Å². The van der Waals surface area contributed by atoms with E-state index >= 15 is 0 Å². The van der Waals surface area contributed by atoms with Crippen molar-refractivity contribution in [2.45, 2.75) is 264 Å². The monoisotopic (exact) mass is 893 g/mol. The molecule has 64 heavy (non-hydrogen) atoms. The molecule has 0 radical (unpaired) electrons. The maximum atomic E-state index is 12.8. The average molecular weight is 893 g/mol. The van der Waals surface area contributed by atoms with Crippen LogP contribution in [0, 0.1) is 0 Å². The molecule has 1 atom stereocenters. The first-order chi connectivity index (χ1) is 31.5. The Morgan fingerprint density at radius 1 is 0.328 bits per heavy atom. The van der Waals surface area contributed by atoms with Crippen LogP contribution in [0.1, 0.15) is 258 Å². The third-order valence-corrected chi connectivity index (χ3v) is 11.5. The lowest BCUT2D eigenvalue weighted by Crippen LogP contribution is -2.30. The Bertz CT molecular complexity index is 1210. The fourth-order valence-corrected chi connectivity index (χ4v) is 7.43. The lowest BCUT2D eigenvalue weighted by atomic mass is 10.0. The van der Waals surface area contributed by atoms with Gasteiger partial charge in [0.15, 0.2) is 6.10 Å². The van der Waals surface area contributed by atoms with Gasteiger partial charge in [-0.25, -0.2) is 0 Å². The van der Waals surface area contributed by atoms with Crippen LogP contribution in [0.2, 0.25) is 0 Å². The molecule has 0 aromatic rings. The lowest BCUT2D eigenvalue weighted by Gasteiger charge is -2.18. The van der Waals surface area contributed by atoms with Crippen molar-refractivity contribution in [3.8, 4) is 0 Å². The number of rotatable bonds is 48. The van der Waals surface area contributed by atoms with E-state index < -0.39 is 6.10 Å². The van der Waals surface area contributed by atoms with Crippen LogP contribution >= 0.6 is 0 Å². The van der Waals surface area contributed by atoms with E-state index in [4.69, 9.17) is 14.2 Å². The molecule has 0 rings (SSSR count). The predicted molar refractivity (Wildman–Crippen MR) is 274 cm³/mol. The summed E-state index contributed by atoms with van der Waals surface area (Å²) in [4.78, 5) is 38.0. The molecule has 0 saturated heterocycles. The first-order valence-corrected chi connectivity index (χ1v) is 26.9. The highest BCUT2D eigenvalue weighted by Crippen LogP contribution is 2.15. The molecule has 0 fully saturated rings. The number of hydrogen-bond donors (Lipinski definition) is 0. The van der Waals surface area contributed by atoms with Gasteiger partial charge in [0.1, 0.15) is 13.2 Å². The van der Waals surface area contributed by atoms with Crippen LogP contribution in [0.3, 0.4) is 0 Å². The van der Waals surface area contributed by atoms with Gasteiger partial charge in [0.05, 0.1) is 0 Å². The molecule has 0 aliphatic rings. The van der Waals surface area contributed by atoms with Crippen molar-refractivity contribution < 1.29 is 28.6 Å². The van der Waals surface area contributed by atoms with Crippen molar-refractivity contribution in [3.05, 3.63) is 72.9 Å². The quantitative estimate of drug-likeness (QED) is 0.0262. The molecular formula is C58H100O6. The Morgan fingerprint density at radius 3 is 1.05 bits per heavy atom. The minimum Gasteiger partial charge on any atom is -0.462 e. The molecule has 0 aromatic carbocycles. The van der Waals surface area contributed by atoms with E-state index in [1.807, 2.05) is 6.08 Å². The zero-order chi connectivity index (χ0) is 46.5. The molecule has 0 spiro atoms. The number of hydrogen-bond acceptors (Lipinski definition) is 6. The van der Waals surface area contributed by atoms with Crippen LogP contribution in [0.25, 0.3) is 0 Å². The highest BCUT2D eigenvalue weighted by Gasteiger charge is 2.19. The molecule has 0 aliphatic carbocycles. The third-order valence-electron chi connectivity index (χ3n) is 11.5. The SMILES string of the molecule is CC/C=C\C/C=C\C/C=C\C/C=C\C/C=C\CCC(=O)OCC(COC(=O)CCCCCCCCCCCCCCCC)OC(=O)CCCCCCC/C=C\CCCCCCCCC. The fourth-order valence-electron chi connectivity index (χ4n) is 7.43. The zero-order valence-electron chi connectivity index (χ0n) is 42.0. The molecule has 0 aliphatic heterocycles. The second-order valence-electron chi connectivity index (χ2n) is 17.8. The van der Waals surface area contributed by atoms with Gasteiger partial charge in [-0.1, -0.05) is 235 Å². The summed E-state index contributed by atoms with van der Waals surface area (Å²) in [5.41, 5.74) is 0. The van der Waals surface area contributed by atoms with E-state index in [-0.39, 0.29) is 37.5 Å². The summed E-state index contributed by atoms with van der Waals surface area (Å²) in [6.45, 7) is 6.46. The molecular weight excluding hydrogens is 793 g/mol. The smallest absolute Gasteiger partial charge is 0.306 e. The Labute approximate surface area is 395 Å². The summed E-state index contributed by atoms with van der Waals surface area (Å²) in [5, 5.41) is 0. The third kappa shape index (κ3) is 49.9. The largest absolute Gasteiger partial charge is 0.462 e. The van der Waals surface area contributed by atoms with Crippen LogP contribution in [-0.4, -0.2) is 37.2 Å². The van der Waals surface area contributed by atoms with Gasteiger partial charge in [0, 0.05) is 19.3 Å². The van der Waals surface area contributed by atoms with Crippen molar-refractivity contribution in [2.75, 3.05) is 13.2 Å². The van der Waals surface area contributed by atoms with Crippen LogP contribution in [0.4, 0.5) is 0 Å². The van der Waals surface area contributed by atoms with E-state index in [2.05, 4.69) is 87.6 Å². The van der Waals surface area contributed by atoms with Crippen LogP contribution in [0.5, 0.6) is 0 Å². The van der Waals surface area contributed by atoms with E-state index in [0.29, 0.717) is 19.3 Å². The van der Waals surface area contributed by atoms with Gasteiger partial charge in [0.2, 0.25) is 0 Å². The minimum absolute atomic E-state index is 0.0995. The van der Waals surface area contributed by atoms with Crippen molar-refractivity contribution in [1.29, 1.82) is 0 Å². The molecule has 0 N–H and O–H groups in total. The second-order valence-corrected chi connectivity index (χ2v) is 17.8. The summed E-state index contributed by atoms with van der Waals surface area (Å²) in [5.74, 6) is -0.989. The number of esters is 3. The van der Waals surface area contributed by atoms with Gasteiger partial charge >= 0.3 is 17.9 Å². The van der Waals surface area contributed by atoms with Gasteiger partial charge in [-0.05, 0) is 77.0 Å². The Kier molecular flexibility index (Phi) is 49.9. The molecule has 0 heterocycles. The summed E-state index contributed by atoms with van der Waals surface area (Å²) in [7, 11) is 0. The number of carbonyl (C=O) groups excluding carboxylic acids is 3. The first-order valence-electron chi connectivity index (χ1n) is 26.9. The summed E-state index contributed by atoms with van der Waals surface area (Å²) in [6.07, 6.45) is 66.1. The van der Waals surface area contributed by atoms with Crippen molar-refractivity contribution in [3.63, 3.8) is 0 Å². The van der Waals surface area contributed by atoms with Gasteiger partial charge in [-0.2, -0.15) is 0 Å². The second kappa shape index (κ2) is 52.5. The summed E-state index contributed by atoms with van der Waals surface area (Å²) < 4.78 is 16.7. The summed E-state index contributed by atoms with van der Waals surface area (Å²) in [6, 6.07) is 0. The standard InChI is InChI=1S/C58H100O6/c1-4-7-10-13-16-19-22-25-28-30-33-36-39-42-45-48-51-57(60)63-54-55(53-62-56(59)50-47-44-41-38-35-32-27-24-21-18-15-12-9-6-3)64-58(61)52-49-46-43-40-37-34-31-29-26-23-20-17-14-11-8-5-2/h7,10,16,19,25,28-29,31,33,36,42,45,55H,4-6,8-9,11-15,17-18,20-24,26-27,30,32,34-35,37-41,43-44,46-54H2,1-3H3/b10-7-,19-16-,28-25-,31-29-,36-33-,45-42-. The highest BCUT2D eigenvalue weighted by atomic mass is 16.6. The minimum atomic E-state index is -0.807. The van der Waals surface area contributed by atoms with Crippen LogP contribution in [-0.2, 0) is 28.6 Å². The van der Waals surface area contributed by atoms with E-state index in [1.54, 1.807) is 0 Å².